The molecule has 0 heterocycles. The molecule has 4 atom stereocenters. The molecule has 0 fully saturated rings. The van der Waals surface area contributed by atoms with E-state index in [-0.39, 0.29) is 67.7 Å². The lowest BCUT2D eigenvalue weighted by molar-refractivity contribution is -0.137. The molecule has 0 aromatic heterocycles. The summed E-state index contributed by atoms with van der Waals surface area (Å²) in [6.07, 6.45) is 26.9. The monoisotopic (exact) mass is 2280 g/mol. The van der Waals surface area contributed by atoms with Gasteiger partial charge in [0, 0.05) is 112 Å². The summed E-state index contributed by atoms with van der Waals surface area (Å²) >= 11 is 6.78. The van der Waals surface area contributed by atoms with Crippen molar-refractivity contribution < 1.29 is 96.4 Å². The van der Waals surface area contributed by atoms with Crippen LogP contribution in [0.5, 0.6) is 0 Å². The number of alkyl halides is 2. The minimum absolute atomic E-state index is 0.0270. The number of ketones is 3. The number of nitrogens with zero attached hydrogens (tertiary/aromatic N) is 3. The van der Waals surface area contributed by atoms with Crippen LogP contribution < -0.4 is 51.0 Å². The van der Waals surface area contributed by atoms with Crippen molar-refractivity contribution in [2.75, 3.05) is 162 Å². The number of nitrogens with one attached hydrogen (secondary N) is 8. The molecule has 41 heteroatoms. The molecule has 828 valence electrons. The number of Topliss-reactive ketones (excluding diaryl/α,β-unsaturated/α-hetero) is 3. The Hall–Kier alpha value is -9.05. The van der Waals surface area contributed by atoms with E-state index in [2.05, 4.69) is 114 Å². The molecule has 0 bridgehead atoms. The number of amides is 2. The highest BCUT2D eigenvalue weighted by Gasteiger charge is 2.19. The Morgan fingerprint density at radius 2 is 0.531 bits per heavy atom. The number of carbonyl (C=O) groups is 6. The number of anilines is 7. The van der Waals surface area contributed by atoms with E-state index in [0.717, 1.165) is 175 Å². The number of carboxylic acid groups (broad SMARTS) is 1. The number of carbonyl (C=O) groups excluding carboxylic acids is 5. The minimum Gasteiger partial charge on any atom is -0.481 e. The number of hydrogen-bond donors (Lipinski definition) is 15. The van der Waals surface area contributed by atoms with Crippen LogP contribution in [-0.4, -0.2) is 244 Å². The Labute approximate surface area is 894 Å². The van der Waals surface area contributed by atoms with Crippen LogP contribution in [0.25, 0.3) is 0 Å². The van der Waals surface area contributed by atoms with Crippen LogP contribution in [0.1, 0.15) is 300 Å². The van der Waals surface area contributed by atoms with Crippen LogP contribution >= 0.6 is 31.9 Å². The second kappa shape index (κ2) is 78.2. The molecule has 0 aliphatic carbocycles. The van der Waals surface area contributed by atoms with Crippen molar-refractivity contribution in [3.05, 3.63) is 209 Å². The number of halogens is 2. The Balaban J connectivity index is 0.000000908. The average molecular weight is 2280 g/mol. The predicted octanol–water partition coefficient (Wildman–Crippen LogP) is 17.8. The normalized spacial score (nSPS) is 12.1. The molecule has 0 spiro atoms. The van der Waals surface area contributed by atoms with Crippen LogP contribution in [0, 0.1) is 0 Å². The van der Waals surface area contributed by atoms with E-state index in [1.807, 2.05) is 20.8 Å². The lowest BCUT2D eigenvalue weighted by atomic mass is 10.0. The first-order valence-corrected chi connectivity index (χ1v) is 62.4. The van der Waals surface area contributed by atoms with E-state index in [9.17, 15) is 91.3 Å². The first-order valence-electron chi connectivity index (χ1n) is 50.7. The molecule has 4 unspecified atom stereocenters. The molecule has 0 saturated heterocycles. The van der Waals surface area contributed by atoms with E-state index < -0.39 is 80.5 Å². The number of rotatable bonds is 66. The molecule has 147 heavy (non-hydrogen) atoms. The van der Waals surface area contributed by atoms with Gasteiger partial charge in [-0.3, -0.25) is 52.4 Å². The summed E-state index contributed by atoms with van der Waals surface area (Å²) < 4.78 is 124. The molecular weight excluding hydrogens is 2110 g/mol. The summed E-state index contributed by atoms with van der Waals surface area (Å²) in [5, 5.41) is 60.6. The Kier molecular flexibility index (Phi) is 72.3. The van der Waals surface area contributed by atoms with Crippen molar-refractivity contribution in [2.24, 2.45) is 0 Å². The Bertz CT molecular complexity index is 5300. The second-order valence-electron chi connectivity index (χ2n) is 35.7. The van der Waals surface area contributed by atoms with Gasteiger partial charge < -0.3 is 67.7 Å². The number of carboxylic acids is 1. The van der Waals surface area contributed by atoms with Crippen molar-refractivity contribution in [3.63, 3.8) is 0 Å². The van der Waals surface area contributed by atoms with Crippen molar-refractivity contribution in [1.82, 2.24) is 30.7 Å². The van der Waals surface area contributed by atoms with Crippen LogP contribution in [0.15, 0.2) is 170 Å². The first-order chi connectivity index (χ1) is 69.5. The standard InChI is InChI=1S/C32H54N4O6S2.C20H36N2O3S.C13H18N2O4S.C13H22N2O3S.C12H16N2O2.C10H11NO3.C6H12Br2/c1-5-35(25-11-13-31(37)27-15-19-29(20-16-27)33-43(3,39)40)23-9-7-8-10-24-36(6-2)26-12-14-32(38)28-17-21-30(22-18-28)34-44(4,41)42;1-4-6-7-8-9-16-22(5-2)17-10-11-20(23)18-12-14-19(15-13-18)21-26(3,24)25;1-3-14-13(17)9-8-12(16)10-4-6-11(7-5-10)15-20(2,18)19;1-3-14-10-4-5-13(16)11-6-8-12(9-7-11)15-19(2,17)18;1-2-14-12(16)8-7-11(15)9-3-5-10(13)6-4-9;11-8-3-1-7(2-4-8)9(12)5-6-10(13)14;7-5-3-1-2-4-6-8/h15-22,31-34,37-38H,5-14,23-26H2,1-4H3;12-15,20-21,23H,4-11,16-17H2,1-3H3;4-7,15H,3,8-9H2,1-2H3,(H,14,17);6-9,13-16H,3-5,10H2,1-2H3;3-6H,2,7-8,13H2,1H3,(H,14,16);1-4H,5-6,11H2,(H,13,14);1-6H2. The van der Waals surface area contributed by atoms with Crippen LogP contribution in [-0.2, 0) is 64.5 Å². The van der Waals surface area contributed by atoms with E-state index >= 15 is 0 Å². The zero-order valence-electron chi connectivity index (χ0n) is 88.2. The van der Waals surface area contributed by atoms with Crippen LogP contribution in [0.2, 0.25) is 0 Å². The SMILES string of the molecule is BrCCCCCCBr.CCCCCCCN(CC)CCCC(O)c1ccc(NS(C)(=O)=O)cc1.CCN(CCCCCCN(CC)CCCC(O)c1ccc(NS(C)(=O)=O)cc1)CCCC(O)c1ccc(NS(C)(=O)=O)cc1.CCNC(=O)CCC(=O)c1ccc(N)cc1.CCNC(=O)CCC(=O)c1ccc(NS(C)(=O)=O)cc1.CCNCCCC(O)c1ccc(NS(C)(=O)=O)cc1.Nc1ccc(C(=O)CCC(=O)O)cc1. The lowest BCUT2D eigenvalue weighted by Crippen LogP contribution is -2.27. The maximum absolute atomic E-state index is 11.8. The van der Waals surface area contributed by atoms with Gasteiger partial charge in [0.05, 0.1) is 62.1 Å². The molecule has 7 aromatic carbocycles. The number of aliphatic hydroxyl groups is 4. The number of benzene rings is 7. The summed E-state index contributed by atoms with van der Waals surface area (Å²) in [6, 6.07) is 46.7. The predicted molar refractivity (Wildman–Crippen MR) is 607 cm³/mol. The topological polar surface area (TPSA) is 532 Å². The Morgan fingerprint density at radius 1 is 0.299 bits per heavy atom. The van der Waals surface area contributed by atoms with E-state index in [0.29, 0.717) is 95.3 Å². The summed E-state index contributed by atoms with van der Waals surface area (Å²) in [6.45, 7) is 26.6. The van der Waals surface area contributed by atoms with Gasteiger partial charge in [-0.1, -0.05) is 166 Å². The van der Waals surface area contributed by atoms with Crippen LogP contribution in [0.4, 0.5) is 39.8 Å². The van der Waals surface area contributed by atoms with Gasteiger partial charge in [-0.05, 0) is 313 Å². The summed E-state index contributed by atoms with van der Waals surface area (Å²) in [5.74, 6) is -1.57. The van der Waals surface area contributed by atoms with Crippen molar-refractivity contribution in [1.29, 1.82) is 0 Å². The quantitative estimate of drug-likeness (QED) is 0.00728. The third-order valence-electron chi connectivity index (χ3n) is 22.4. The van der Waals surface area contributed by atoms with Crippen molar-refractivity contribution in [2.45, 2.75) is 246 Å². The fourth-order valence-corrected chi connectivity index (χ4v) is 18.1. The van der Waals surface area contributed by atoms with E-state index in [4.69, 9.17) is 16.6 Å². The van der Waals surface area contributed by atoms with Gasteiger partial charge in [-0.2, -0.15) is 0 Å². The smallest absolute Gasteiger partial charge is 0.303 e. The molecular formula is C106H169Br2N13O21S5. The molecule has 0 radical (unpaired) electrons. The zero-order valence-corrected chi connectivity index (χ0v) is 95.5. The molecule has 0 aliphatic rings. The highest BCUT2D eigenvalue weighted by Crippen LogP contribution is 2.27. The zero-order chi connectivity index (χ0) is 110. The summed E-state index contributed by atoms with van der Waals surface area (Å²) in [4.78, 5) is 74.8. The Morgan fingerprint density at radius 3 is 0.762 bits per heavy atom. The number of nitrogen functional groups attached to an aromatic ring is 2. The molecule has 34 nitrogen and oxygen atoms in total. The van der Waals surface area contributed by atoms with Gasteiger partial charge in [0.25, 0.3) is 0 Å². The maximum Gasteiger partial charge on any atom is 0.303 e. The van der Waals surface area contributed by atoms with Gasteiger partial charge in [-0.25, -0.2) is 42.1 Å². The number of sulfonamides is 5. The van der Waals surface area contributed by atoms with E-state index in [1.54, 1.807) is 146 Å². The summed E-state index contributed by atoms with van der Waals surface area (Å²) in [7, 11) is -16.5. The minimum atomic E-state index is -3.33. The van der Waals surface area contributed by atoms with Crippen molar-refractivity contribution >= 4 is 157 Å². The van der Waals surface area contributed by atoms with Gasteiger partial charge in [0.15, 0.2) is 17.3 Å². The molecule has 7 aromatic rings. The average Bonchev–Trinajstić information content (AvgIpc) is 0.883. The maximum atomic E-state index is 11.8. The number of nitrogens with two attached hydrogens (primary N) is 2. The lowest BCUT2D eigenvalue weighted by Gasteiger charge is -2.22. The highest BCUT2D eigenvalue weighted by atomic mass is 79.9. The van der Waals surface area contributed by atoms with Gasteiger partial charge >= 0.3 is 5.97 Å². The number of aliphatic hydroxyl groups excluding tert-OH is 4. The third-order valence-corrected chi connectivity index (χ3v) is 26.6. The molecule has 17 N–H and O–H groups in total. The van der Waals surface area contributed by atoms with Gasteiger partial charge in [0.2, 0.25) is 61.9 Å². The highest BCUT2D eigenvalue weighted by molar-refractivity contribution is 9.09. The van der Waals surface area contributed by atoms with Gasteiger partial charge in [0.1, 0.15) is 0 Å². The van der Waals surface area contributed by atoms with Crippen molar-refractivity contribution in [3.8, 4) is 0 Å². The molecule has 2 amide bonds. The third kappa shape index (κ3) is 72.1. The first kappa shape index (κ1) is 136. The van der Waals surface area contributed by atoms with E-state index in [1.165, 1.54) is 94.9 Å². The molecule has 7 rings (SSSR count). The van der Waals surface area contributed by atoms with Crippen LogP contribution in [0.3, 0.4) is 0 Å². The largest absolute Gasteiger partial charge is 0.481 e. The number of aliphatic carboxylic acids is 1. The number of unbranched alkanes of at least 4 members (excludes halogenated alkanes) is 10. The molecule has 0 saturated carbocycles. The summed E-state index contributed by atoms with van der Waals surface area (Å²) in [5.41, 5.74) is 19.3. The fraction of sp³-hybridized carbons (Fsp3) is 0.547. The second-order valence-corrected chi connectivity index (χ2v) is 46.0. The number of hydrogen-bond acceptors (Lipinski definition) is 26. The molecule has 0 aliphatic heterocycles. The fourth-order valence-electron chi connectivity index (χ4n) is 14.5. The van der Waals surface area contributed by atoms with Gasteiger partial charge in [-0.15, -0.1) is 0 Å².